The van der Waals surface area contributed by atoms with Crippen LogP contribution in [-0.4, -0.2) is 102 Å². The topological polar surface area (TPSA) is 196 Å². The van der Waals surface area contributed by atoms with E-state index >= 15 is 4.39 Å². The largest absolute Gasteiger partial charge is 0.468 e. The number of carbonyl (C=O) groups excluding carboxylic acids is 1. The Bertz CT molecular complexity index is 2920. The quantitative estimate of drug-likeness (QED) is 0.0730. The van der Waals surface area contributed by atoms with Crippen LogP contribution in [0.4, 0.5) is 32.8 Å². The number of benzene rings is 3. The van der Waals surface area contributed by atoms with Crippen LogP contribution < -0.4 is 24.6 Å². The molecule has 6 heterocycles. The molecule has 69 heavy (non-hydrogen) atoms. The number of anilines is 4. The molecule has 18 heteroatoms. The van der Waals surface area contributed by atoms with Crippen molar-refractivity contribution in [2.45, 2.75) is 113 Å². The lowest BCUT2D eigenvalue weighted by Crippen LogP contribution is -2.67. The Hall–Kier alpha value is -5.82. The molecule has 1 amide bonds. The first-order chi connectivity index (χ1) is 33.1. The van der Waals surface area contributed by atoms with Crippen molar-refractivity contribution in [2.24, 2.45) is 11.3 Å². The smallest absolute Gasteiger partial charge is 0.293 e. The normalized spacial score (nSPS) is 25.8. The maximum Gasteiger partial charge on any atom is 0.293 e. The SMILES string of the molecule is Cc1ccccc1[C@H]1CCCCN1C1CC2(C1)CN(c1ccc(C(=O)NS(=O)(=O)c3ccc(NCC4CCC(C)(O)CC4)c([N+](=O)[O-])c3)c(N3c4cc5c(F)c[nH]c5nc4O[C@H]4COCC[C@@H]43)c1)C2. The van der Waals surface area contributed by atoms with Crippen molar-refractivity contribution in [3.63, 3.8) is 0 Å². The van der Waals surface area contributed by atoms with Crippen LogP contribution in [0, 0.1) is 34.2 Å². The van der Waals surface area contributed by atoms with Gasteiger partial charge in [-0.25, -0.2) is 17.5 Å². The van der Waals surface area contributed by atoms with E-state index in [1.165, 1.54) is 42.3 Å². The number of piperidine rings is 1. The molecule has 5 fully saturated rings. The zero-order chi connectivity index (χ0) is 47.8. The predicted octanol–water partition coefficient (Wildman–Crippen LogP) is 8.27. The number of fused-ring (bicyclic) bond motifs is 3. The average molecular weight is 963 g/mol. The van der Waals surface area contributed by atoms with Crippen LogP contribution in [0.1, 0.15) is 98.7 Å². The number of hydrogen-bond donors (Lipinski definition) is 4. The number of nitrogens with zero attached hydrogens (tertiary/aromatic N) is 5. The Morgan fingerprint density at radius 2 is 1.83 bits per heavy atom. The number of pyridine rings is 1. The molecule has 0 bridgehead atoms. The second-order valence-electron chi connectivity index (χ2n) is 20.7. The fourth-order valence-corrected chi connectivity index (χ4v) is 13.1. The highest BCUT2D eigenvalue weighted by atomic mass is 32.2. The van der Waals surface area contributed by atoms with Gasteiger partial charge in [-0.05, 0) is 132 Å². The molecule has 3 saturated heterocycles. The van der Waals surface area contributed by atoms with Crippen LogP contribution >= 0.6 is 0 Å². The van der Waals surface area contributed by atoms with Crippen LogP contribution in [0.2, 0.25) is 0 Å². The number of nitro groups is 1. The van der Waals surface area contributed by atoms with Gasteiger partial charge in [-0.15, -0.1) is 0 Å². The fourth-order valence-electron chi connectivity index (χ4n) is 12.1. The molecule has 2 aliphatic carbocycles. The van der Waals surface area contributed by atoms with Gasteiger partial charge in [0, 0.05) is 61.7 Å². The number of amides is 1. The highest BCUT2D eigenvalue weighted by Crippen LogP contribution is 2.55. The summed E-state index contributed by atoms with van der Waals surface area (Å²) < 4.78 is 58.0. The standard InChI is InChI=1S/C51H59FN8O8S/c1-31-7-3-4-8-36(31)41-9-5-6-19-58(41)34-24-51(25-34)29-57(30-51)33-10-12-37(43(21-33)59-42-16-20-67-28-46(42)68-49-45(59)23-38-39(52)27-54-47(38)55-49)48(61)56-69(65,66)35-11-13-40(44(22-35)60(63)64)53-26-32-14-17-50(2,62)18-15-32/h3-4,7-8,10-13,21-23,27,32,34,41-42,46,53,62H,5-6,9,14-20,24-26,28-30H2,1-2H3,(H,54,55)(H,56,61)/t32?,41-,42+,46+,50?/m1/s1. The number of carbonyl (C=O) groups is 1. The first-order valence-corrected chi connectivity index (χ1v) is 25.9. The van der Waals surface area contributed by atoms with E-state index in [9.17, 15) is 28.4 Å². The number of sulfonamides is 1. The molecule has 5 aromatic rings. The zero-order valence-corrected chi connectivity index (χ0v) is 39.8. The third-order valence-electron chi connectivity index (χ3n) is 16.0. The van der Waals surface area contributed by atoms with Gasteiger partial charge in [0.05, 0.1) is 44.7 Å². The summed E-state index contributed by atoms with van der Waals surface area (Å²) in [5.41, 5.74) is 3.88. The number of aliphatic hydroxyl groups is 1. The number of halogens is 1. The lowest BCUT2D eigenvalue weighted by molar-refractivity contribution is -0.384. The molecule has 0 radical (unpaired) electrons. The number of hydrogen-bond acceptors (Lipinski definition) is 13. The lowest BCUT2D eigenvalue weighted by Gasteiger charge is -2.63. The predicted molar refractivity (Wildman–Crippen MR) is 259 cm³/mol. The fraction of sp³-hybridized carbons (Fsp3) is 0.490. The second kappa shape index (κ2) is 17.5. The summed E-state index contributed by atoms with van der Waals surface area (Å²) in [4.78, 5) is 40.3. The van der Waals surface area contributed by atoms with E-state index in [2.05, 4.69) is 61.0 Å². The number of likely N-dealkylation sites (tertiary alicyclic amines) is 1. The van der Waals surface area contributed by atoms with E-state index in [-0.39, 0.29) is 46.1 Å². The molecule has 2 saturated carbocycles. The Morgan fingerprint density at radius 1 is 1.03 bits per heavy atom. The van der Waals surface area contributed by atoms with Crippen molar-refractivity contribution in [2.75, 3.05) is 54.5 Å². The molecule has 3 atom stereocenters. The van der Waals surface area contributed by atoms with Gasteiger partial charge < -0.3 is 34.7 Å². The molecule has 364 valence electrons. The van der Waals surface area contributed by atoms with Crippen LogP contribution in [0.15, 0.2) is 77.8 Å². The number of nitro benzene ring substituents is 1. The van der Waals surface area contributed by atoms with E-state index in [0.29, 0.717) is 55.9 Å². The molecule has 16 nitrogen and oxygen atoms in total. The van der Waals surface area contributed by atoms with Crippen LogP contribution in [-0.2, 0) is 14.8 Å². The summed E-state index contributed by atoms with van der Waals surface area (Å²) in [7, 11) is -4.66. The minimum atomic E-state index is -4.66. The summed E-state index contributed by atoms with van der Waals surface area (Å²) >= 11 is 0. The Kier molecular flexibility index (Phi) is 11.6. The van der Waals surface area contributed by atoms with Crippen LogP contribution in [0.25, 0.3) is 11.0 Å². The van der Waals surface area contributed by atoms with Crippen molar-refractivity contribution in [1.29, 1.82) is 0 Å². The van der Waals surface area contributed by atoms with Crippen LogP contribution in [0.5, 0.6) is 5.88 Å². The number of aromatic amines is 1. The number of aryl methyl sites for hydroxylation is 1. The number of aromatic nitrogens is 2. The molecule has 4 aliphatic heterocycles. The monoisotopic (exact) mass is 962 g/mol. The first kappa shape index (κ1) is 45.6. The van der Waals surface area contributed by atoms with Gasteiger partial charge in [-0.1, -0.05) is 30.7 Å². The van der Waals surface area contributed by atoms with E-state index in [0.717, 1.165) is 63.5 Å². The van der Waals surface area contributed by atoms with Gasteiger partial charge in [-0.3, -0.25) is 19.8 Å². The minimum Gasteiger partial charge on any atom is -0.468 e. The maximum absolute atomic E-state index is 15.3. The summed E-state index contributed by atoms with van der Waals surface area (Å²) in [5, 5.41) is 26.1. The zero-order valence-electron chi connectivity index (χ0n) is 39.0. The number of ether oxygens (including phenoxy) is 2. The Labute approximate surface area is 400 Å². The van der Waals surface area contributed by atoms with E-state index in [4.69, 9.17) is 9.47 Å². The van der Waals surface area contributed by atoms with E-state index in [1.54, 1.807) is 19.1 Å². The molecule has 0 unspecified atom stereocenters. The molecule has 2 aromatic heterocycles. The van der Waals surface area contributed by atoms with Crippen molar-refractivity contribution in [1.82, 2.24) is 19.6 Å². The number of H-pyrrole nitrogens is 1. The van der Waals surface area contributed by atoms with Crippen molar-refractivity contribution in [3.8, 4) is 5.88 Å². The van der Waals surface area contributed by atoms with Crippen molar-refractivity contribution < 1.29 is 37.1 Å². The van der Waals surface area contributed by atoms with Gasteiger partial charge in [-0.2, -0.15) is 4.98 Å². The molecule has 1 spiro atoms. The molecule has 6 aliphatic rings. The molecule has 11 rings (SSSR count). The third kappa shape index (κ3) is 8.56. The molecular weight excluding hydrogens is 904 g/mol. The van der Waals surface area contributed by atoms with Gasteiger partial charge in [0.2, 0.25) is 5.88 Å². The highest BCUT2D eigenvalue weighted by Gasteiger charge is 2.55. The van der Waals surface area contributed by atoms with Gasteiger partial charge >= 0.3 is 0 Å². The van der Waals surface area contributed by atoms with E-state index in [1.807, 2.05) is 17.0 Å². The third-order valence-corrected chi connectivity index (χ3v) is 17.3. The molecule has 3 aromatic carbocycles. The summed E-state index contributed by atoms with van der Waals surface area (Å²) in [6, 6.07) is 19.8. The van der Waals surface area contributed by atoms with Crippen LogP contribution in [0.3, 0.4) is 0 Å². The Balaban J connectivity index is 0.886. The average Bonchev–Trinajstić information content (AvgIpc) is 3.67. The summed E-state index contributed by atoms with van der Waals surface area (Å²) in [5.74, 6) is -1.06. The minimum absolute atomic E-state index is 0.0283. The molecular formula is C51H59FN8O8S. The van der Waals surface area contributed by atoms with Gasteiger partial charge in [0.25, 0.3) is 21.6 Å². The van der Waals surface area contributed by atoms with E-state index < -0.39 is 55.0 Å². The summed E-state index contributed by atoms with van der Waals surface area (Å²) in [6.45, 7) is 7.82. The molecule has 4 N–H and O–H groups in total. The van der Waals surface area contributed by atoms with Gasteiger partial charge in [0.1, 0.15) is 28.9 Å². The summed E-state index contributed by atoms with van der Waals surface area (Å²) in [6.07, 6.45) is 9.73. The van der Waals surface area contributed by atoms with Crippen molar-refractivity contribution >= 4 is 55.4 Å². The number of rotatable bonds is 11. The van der Waals surface area contributed by atoms with Gasteiger partial charge in [0.15, 0.2) is 0 Å². The lowest BCUT2D eigenvalue weighted by atomic mass is 9.59. The maximum atomic E-state index is 15.3. The second-order valence-corrected chi connectivity index (χ2v) is 22.4. The Morgan fingerprint density at radius 3 is 2.61 bits per heavy atom. The number of nitrogens with one attached hydrogen (secondary N) is 3. The first-order valence-electron chi connectivity index (χ1n) is 24.4. The van der Waals surface area contributed by atoms with Crippen molar-refractivity contribution in [3.05, 3.63) is 106 Å². The highest BCUT2D eigenvalue weighted by molar-refractivity contribution is 7.90.